The summed E-state index contributed by atoms with van der Waals surface area (Å²) < 4.78 is 14.4. The molecule has 2 aromatic carbocycles. The van der Waals surface area contributed by atoms with Crippen LogP contribution in [0.15, 0.2) is 36.4 Å². The summed E-state index contributed by atoms with van der Waals surface area (Å²) in [6.07, 6.45) is 0. The topological polar surface area (TPSA) is 0 Å². The Balaban J connectivity index is 2.70. The molecule has 2 aromatic rings. The number of halogens is 1. The van der Waals surface area contributed by atoms with E-state index in [2.05, 4.69) is 20.8 Å². The highest BCUT2D eigenvalue weighted by Gasteiger charge is 2.18. The zero-order valence-corrected chi connectivity index (χ0v) is 12.3. The molecule has 0 atom stereocenters. The Morgan fingerprint density at radius 1 is 0.842 bits per heavy atom. The first-order valence-corrected chi connectivity index (χ1v) is 6.67. The van der Waals surface area contributed by atoms with Gasteiger partial charge in [-0.15, -0.1) is 0 Å². The highest BCUT2D eigenvalue weighted by atomic mass is 19.1. The van der Waals surface area contributed by atoms with Gasteiger partial charge in [-0.3, -0.25) is 0 Å². The monoisotopic (exact) mass is 256 g/mol. The minimum Gasteiger partial charge on any atom is -0.206 e. The second-order valence-electron chi connectivity index (χ2n) is 6.22. The van der Waals surface area contributed by atoms with Gasteiger partial charge in [-0.1, -0.05) is 51.1 Å². The maximum atomic E-state index is 14.4. The van der Waals surface area contributed by atoms with Gasteiger partial charge in [-0.05, 0) is 47.6 Å². The normalized spacial score (nSPS) is 11.7. The van der Waals surface area contributed by atoms with E-state index in [1.54, 1.807) is 0 Å². The third-order valence-electron chi connectivity index (χ3n) is 3.56. The van der Waals surface area contributed by atoms with Crippen molar-refractivity contribution in [1.29, 1.82) is 0 Å². The molecule has 19 heavy (non-hydrogen) atoms. The molecular formula is C18H21F. The van der Waals surface area contributed by atoms with Crippen LogP contribution in [0.25, 0.3) is 11.1 Å². The summed E-state index contributed by atoms with van der Waals surface area (Å²) >= 11 is 0. The van der Waals surface area contributed by atoms with Crippen LogP contribution in [0.3, 0.4) is 0 Å². The first-order chi connectivity index (χ1) is 8.80. The van der Waals surface area contributed by atoms with Gasteiger partial charge in [-0.25, -0.2) is 4.39 Å². The van der Waals surface area contributed by atoms with Gasteiger partial charge < -0.3 is 0 Å². The molecule has 0 aromatic heterocycles. The molecule has 100 valence electrons. The molecule has 0 spiro atoms. The minimum atomic E-state index is -0.109. The zero-order valence-electron chi connectivity index (χ0n) is 12.3. The zero-order chi connectivity index (χ0) is 14.2. The molecule has 0 aliphatic rings. The van der Waals surface area contributed by atoms with E-state index in [0.717, 1.165) is 11.1 Å². The summed E-state index contributed by atoms with van der Waals surface area (Å²) in [4.78, 5) is 0. The van der Waals surface area contributed by atoms with Crippen molar-refractivity contribution in [3.63, 3.8) is 0 Å². The Labute approximate surface area is 115 Å². The van der Waals surface area contributed by atoms with E-state index in [-0.39, 0.29) is 11.2 Å². The molecule has 0 unspecified atom stereocenters. The van der Waals surface area contributed by atoms with Crippen molar-refractivity contribution in [2.24, 2.45) is 0 Å². The van der Waals surface area contributed by atoms with Gasteiger partial charge in [0.15, 0.2) is 0 Å². The number of hydrogen-bond acceptors (Lipinski definition) is 0. The molecule has 1 heteroatoms. The molecule has 0 nitrogen and oxygen atoms in total. The largest absolute Gasteiger partial charge is 0.206 e. The Hall–Kier alpha value is -1.63. The van der Waals surface area contributed by atoms with E-state index in [1.165, 1.54) is 5.56 Å². The van der Waals surface area contributed by atoms with Crippen molar-refractivity contribution in [3.8, 4) is 11.1 Å². The third-order valence-corrected chi connectivity index (χ3v) is 3.56. The molecule has 0 fully saturated rings. The Kier molecular flexibility index (Phi) is 3.49. The predicted molar refractivity (Wildman–Crippen MR) is 80.0 cm³/mol. The van der Waals surface area contributed by atoms with Gasteiger partial charge in [-0.2, -0.15) is 0 Å². The Bertz CT molecular complexity index is 604. The van der Waals surface area contributed by atoms with Crippen LogP contribution in [0.1, 0.15) is 37.5 Å². The van der Waals surface area contributed by atoms with Crippen LogP contribution >= 0.6 is 0 Å². The minimum absolute atomic E-state index is 0.0237. The molecular weight excluding hydrogens is 235 g/mol. The van der Waals surface area contributed by atoms with Crippen molar-refractivity contribution in [2.75, 3.05) is 0 Å². The van der Waals surface area contributed by atoms with Crippen molar-refractivity contribution in [2.45, 2.75) is 40.0 Å². The smallest absolute Gasteiger partial charge is 0.133 e. The lowest BCUT2D eigenvalue weighted by atomic mass is 9.83. The molecule has 0 aliphatic carbocycles. The second kappa shape index (κ2) is 4.80. The average Bonchev–Trinajstić information content (AvgIpc) is 2.32. The van der Waals surface area contributed by atoms with Gasteiger partial charge in [0, 0.05) is 5.56 Å². The van der Waals surface area contributed by atoms with Crippen LogP contribution in [0.2, 0.25) is 0 Å². The molecule has 0 saturated carbocycles. The highest BCUT2D eigenvalue weighted by Crippen LogP contribution is 2.33. The molecule has 0 saturated heterocycles. The van der Waals surface area contributed by atoms with Gasteiger partial charge in [0.05, 0.1) is 0 Å². The van der Waals surface area contributed by atoms with Gasteiger partial charge in [0.2, 0.25) is 0 Å². The summed E-state index contributed by atoms with van der Waals surface area (Å²) in [6, 6.07) is 11.9. The summed E-state index contributed by atoms with van der Waals surface area (Å²) in [5.41, 5.74) is 4.70. The molecule has 0 heterocycles. The lowest BCUT2D eigenvalue weighted by Crippen LogP contribution is -2.12. The molecule has 0 amide bonds. The first-order valence-electron chi connectivity index (χ1n) is 6.67. The number of rotatable bonds is 1. The number of hydrogen-bond donors (Lipinski definition) is 0. The maximum absolute atomic E-state index is 14.4. The maximum Gasteiger partial charge on any atom is 0.133 e. The van der Waals surface area contributed by atoms with Crippen LogP contribution in [0.4, 0.5) is 4.39 Å². The summed E-state index contributed by atoms with van der Waals surface area (Å²) in [5.74, 6) is -0.109. The molecule has 0 N–H and O–H groups in total. The van der Waals surface area contributed by atoms with E-state index in [4.69, 9.17) is 0 Å². The SMILES string of the molecule is Cc1ccccc1-c1cc(C(C)(C)C)cc(C)c1F. The van der Waals surface area contributed by atoms with Crippen LogP contribution in [-0.4, -0.2) is 0 Å². The van der Waals surface area contributed by atoms with Gasteiger partial charge in [0.25, 0.3) is 0 Å². The lowest BCUT2D eigenvalue weighted by molar-refractivity contribution is 0.581. The number of aryl methyl sites for hydroxylation is 2. The molecule has 0 bridgehead atoms. The summed E-state index contributed by atoms with van der Waals surface area (Å²) in [7, 11) is 0. The quantitative estimate of drug-likeness (QED) is 0.640. The lowest BCUT2D eigenvalue weighted by Gasteiger charge is -2.22. The molecule has 0 aliphatic heterocycles. The summed E-state index contributed by atoms with van der Waals surface area (Å²) in [6.45, 7) is 10.3. The Morgan fingerprint density at radius 3 is 2.05 bits per heavy atom. The van der Waals surface area contributed by atoms with Crippen LogP contribution in [-0.2, 0) is 5.41 Å². The van der Waals surface area contributed by atoms with Crippen molar-refractivity contribution in [1.82, 2.24) is 0 Å². The van der Waals surface area contributed by atoms with Crippen molar-refractivity contribution in [3.05, 3.63) is 58.9 Å². The molecule has 2 rings (SSSR count). The van der Waals surface area contributed by atoms with Crippen LogP contribution in [0, 0.1) is 19.7 Å². The van der Waals surface area contributed by atoms with Crippen LogP contribution in [0.5, 0.6) is 0 Å². The standard InChI is InChI=1S/C18H21F/c1-12-8-6-7-9-15(12)16-11-14(18(3,4)5)10-13(2)17(16)19/h6-11H,1-5H3. The summed E-state index contributed by atoms with van der Waals surface area (Å²) in [5, 5.41) is 0. The van der Waals surface area contributed by atoms with Gasteiger partial charge in [0.1, 0.15) is 5.82 Å². The predicted octanol–water partition coefficient (Wildman–Crippen LogP) is 5.41. The third kappa shape index (κ3) is 2.70. The number of benzene rings is 2. The fraction of sp³-hybridized carbons (Fsp3) is 0.333. The first kappa shape index (κ1) is 13.8. The van der Waals surface area contributed by atoms with Crippen molar-refractivity contribution >= 4 is 0 Å². The second-order valence-corrected chi connectivity index (χ2v) is 6.22. The highest BCUT2D eigenvalue weighted by molar-refractivity contribution is 5.69. The fourth-order valence-corrected chi connectivity index (χ4v) is 2.27. The van der Waals surface area contributed by atoms with E-state index in [1.807, 2.05) is 50.2 Å². The Morgan fingerprint density at radius 2 is 1.47 bits per heavy atom. The van der Waals surface area contributed by atoms with Gasteiger partial charge >= 0.3 is 0 Å². The molecule has 0 radical (unpaired) electrons. The fourth-order valence-electron chi connectivity index (χ4n) is 2.27. The average molecular weight is 256 g/mol. The van der Waals surface area contributed by atoms with Crippen LogP contribution < -0.4 is 0 Å². The van der Waals surface area contributed by atoms with E-state index in [0.29, 0.717) is 11.1 Å². The van der Waals surface area contributed by atoms with E-state index in [9.17, 15) is 4.39 Å². The van der Waals surface area contributed by atoms with E-state index < -0.39 is 0 Å². The van der Waals surface area contributed by atoms with Crippen molar-refractivity contribution < 1.29 is 4.39 Å². The van der Waals surface area contributed by atoms with E-state index >= 15 is 0 Å².